The summed E-state index contributed by atoms with van der Waals surface area (Å²) in [5, 5.41) is 7.85. The Labute approximate surface area is 190 Å². The van der Waals surface area contributed by atoms with E-state index >= 15 is 0 Å². The molecule has 3 N–H and O–H groups in total. The normalized spacial score (nSPS) is 15.0. The molecule has 2 aromatic carbocycles. The van der Waals surface area contributed by atoms with Crippen LogP contribution in [0.4, 0.5) is 16.3 Å². The highest BCUT2D eigenvalue weighted by Gasteiger charge is 2.28. The van der Waals surface area contributed by atoms with Crippen LogP contribution in [0.5, 0.6) is 0 Å². The van der Waals surface area contributed by atoms with Crippen molar-refractivity contribution in [2.24, 2.45) is 5.92 Å². The average molecular weight is 432 g/mol. The van der Waals surface area contributed by atoms with Crippen molar-refractivity contribution in [3.05, 3.63) is 66.2 Å². The number of likely N-dealkylation sites (tertiary alicyclic amines) is 1. The van der Waals surface area contributed by atoms with Gasteiger partial charge in [0.2, 0.25) is 0 Å². The third-order valence-corrected chi connectivity index (χ3v) is 6.10. The molecule has 1 fully saturated rings. The number of hydrogen-bond donors (Lipinski definition) is 2. The maximum Gasteiger partial charge on any atom is 0.322 e. The lowest BCUT2D eigenvalue weighted by atomic mass is 9.90. The second-order valence-corrected chi connectivity index (χ2v) is 9.61. The molecular formula is C26H33N5O. The molecule has 0 bridgehead atoms. The Morgan fingerprint density at radius 1 is 1.03 bits per heavy atom. The van der Waals surface area contributed by atoms with Crippen LogP contribution in [0.3, 0.4) is 0 Å². The molecule has 0 saturated carbocycles. The summed E-state index contributed by atoms with van der Waals surface area (Å²) < 4.78 is 1.79. The highest BCUT2D eigenvalue weighted by atomic mass is 16.2. The van der Waals surface area contributed by atoms with E-state index in [0.717, 1.165) is 37.9 Å². The third kappa shape index (κ3) is 4.79. The fourth-order valence-corrected chi connectivity index (χ4v) is 4.34. The molecule has 168 valence electrons. The van der Waals surface area contributed by atoms with Gasteiger partial charge in [0.15, 0.2) is 0 Å². The average Bonchev–Trinajstić information content (AvgIpc) is 3.12. The number of carbonyl (C=O) groups is 1. The van der Waals surface area contributed by atoms with Gasteiger partial charge in [0.05, 0.1) is 5.54 Å². The maximum atomic E-state index is 13.1. The SMILES string of the molecule is CC(C)(C)n1nc(-c2ccccc2)c(NC(=O)N2CCC(Cc3ccccc3)CC2)c1N. The summed E-state index contributed by atoms with van der Waals surface area (Å²) in [4.78, 5) is 15.0. The van der Waals surface area contributed by atoms with Crippen LogP contribution in [0.25, 0.3) is 11.3 Å². The molecule has 0 radical (unpaired) electrons. The molecule has 2 amide bonds. The molecule has 32 heavy (non-hydrogen) atoms. The van der Waals surface area contributed by atoms with Crippen molar-refractivity contribution in [3.8, 4) is 11.3 Å². The topological polar surface area (TPSA) is 76.2 Å². The molecule has 0 unspecified atom stereocenters. The first-order valence-corrected chi connectivity index (χ1v) is 11.4. The number of amides is 2. The maximum absolute atomic E-state index is 13.1. The molecule has 1 aliphatic heterocycles. The zero-order chi connectivity index (χ0) is 22.7. The van der Waals surface area contributed by atoms with Crippen LogP contribution in [-0.2, 0) is 12.0 Å². The van der Waals surface area contributed by atoms with E-state index in [2.05, 4.69) is 29.6 Å². The summed E-state index contributed by atoms with van der Waals surface area (Å²) in [5.41, 5.74) is 9.76. The van der Waals surface area contributed by atoms with Gasteiger partial charge in [-0.2, -0.15) is 5.10 Å². The first-order chi connectivity index (χ1) is 15.3. The molecule has 1 aromatic heterocycles. The van der Waals surface area contributed by atoms with Crippen molar-refractivity contribution in [1.82, 2.24) is 14.7 Å². The van der Waals surface area contributed by atoms with Crippen LogP contribution >= 0.6 is 0 Å². The lowest BCUT2D eigenvalue weighted by molar-refractivity contribution is 0.182. The van der Waals surface area contributed by atoms with Crippen molar-refractivity contribution in [1.29, 1.82) is 0 Å². The minimum Gasteiger partial charge on any atom is -0.382 e. The summed E-state index contributed by atoms with van der Waals surface area (Å²) in [7, 11) is 0. The van der Waals surface area contributed by atoms with Gasteiger partial charge in [0, 0.05) is 18.7 Å². The van der Waals surface area contributed by atoms with Crippen LogP contribution in [0.1, 0.15) is 39.2 Å². The standard InChI is InChI=1S/C26H33N5O/c1-26(2,3)31-24(27)23(22(29-31)21-12-8-5-9-13-21)28-25(32)30-16-14-20(15-17-30)18-19-10-6-4-7-11-19/h4-13,20H,14-18,27H2,1-3H3,(H,28,32). The van der Waals surface area contributed by atoms with E-state index in [0.29, 0.717) is 23.1 Å². The predicted octanol–water partition coefficient (Wildman–Crippen LogP) is 5.37. The lowest BCUT2D eigenvalue weighted by Crippen LogP contribution is -2.41. The highest BCUT2D eigenvalue weighted by Crippen LogP contribution is 2.35. The summed E-state index contributed by atoms with van der Waals surface area (Å²) in [6.07, 6.45) is 3.08. The number of anilines is 2. The van der Waals surface area contributed by atoms with E-state index in [1.54, 1.807) is 4.68 Å². The van der Waals surface area contributed by atoms with Crippen LogP contribution in [0.2, 0.25) is 0 Å². The van der Waals surface area contributed by atoms with E-state index < -0.39 is 0 Å². The largest absolute Gasteiger partial charge is 0.382 e. The quantitative estimate of drug-likeness (QED) is 0.583. The van der Waals surface area contributed by atoms with E-state index in [-0.39, 0.29) is 11.6 Å². The number of benzene rings is 2. The van der Waals surface area contributed by atoms with Crippen LogP contribution in [-0.4, -0.2) is 33.8 Å². The van der Waals surface area contributed by atoms with Gasteiger partial charge in [-0.05, 0) is 51.5 Å². The minimum absolute atomic E-state index is 0.111. The van der Waals surface area contributed by atoms with Crippen LogP contribution in [0, 0.1) is 5.92 Å². The van der Waals surface area contributed by atoms with Gasteiger partial charge in [-0.3, -0.25) is 0 Å². The van der Waals surface area contributed by atoms with E-state index in [1.165, 1.54) is 5.56 Å². The van der Waals surface area contributed by atoms with Crippen molar-refractivity contribution in [2.75, 3.05) is 24.1 Å². The van der Waals surface area contributed by atoms with Gasteiger partial charge >= 0.3 is 6.03 Å². The van der Waals surface area contributed by atoms with Gasteiger partial charge < -0.3 is 16.0 Å². The Hall–Kier alpha value is -3.28. The van der Waals surface area contributed by atoms with Crippen LogP contribution < -0.4 is 11.1 Å². The number of piperidine rings is 1. The number of aromatic nitrogens is 2. The molecule has 4 rings (SSSR count). The second-order valence-electron chi connectivity index (χ2n) is 9.61. The van der Waals surface area contributed by atoms with Gasteiger partial charge in [-0.25, -0.2) is 9.48 Å². The van der Waals surface area contributed by atoms with Crippen molar-refractivity contribution in [3.63, 3.8) is 0 Å². The fraction of sp³-hybridized carbons (Fsp3) is 0.385. The first-order valence-electron chi connectivity index (χ1n) is 11.4. The molecule has 3 aromatic rings. The second kappa shape index (κ2) is 9.07. The Bertz CT molecular complexity index is 1050. The smallest absolute Gasteiger partial charge is 0.322 e. The molecule has 6 heteroatoms. The fourth-order valence-electron chi connectivity index (χ4n) is 4.34. The Morgan fingerprint density at radius 2 is 1.62 bits per heavy atom. The summed E-state index contributed by atoms with van der Waals surface area (Å²) in [5.74, 6) is 1.08. The number of nitrogens with zero attached hydrogens (tertiary/aromatic N) is 3. The molecule has 0 aliphatic carbocycles. The van der Waals surface area contributed by atoms with Crippen molar-refractivity contribution < 1.29 is 4.79 Å². The van der Waals surface area contributed by atoms with Gasteiger partial charge in [-0.1, -0.05) is 60.7 Å². The van der Waals surface area contributed by atoms with E-state index in [9.17, 15) is 4.79 Å². The third-order valence-electron chi connectivity index (χ3n) is 6.10. The molecule has 0 atom stereocenters. The van der Waals surface area contributed by atoms with Crippen molar-refractivity contribution in [2.45, 2.75) is 45.6 Å². The number of rotatable bonds is 4. The van der Waals surface area contributed by atoms with Gasteiger partial charge in [0.1, 0.15) is 17.2 Å². The first kappa shape index (κ1) is 21.9. The monoisotopic (exact) mass is 431 g/mol. The lowest BCUT2D eigenvalue weighted by Gasteiger charge is -2.32. The van der Waals surface area contributed by atoms with E-state index in [4.69, 9.17) is 10.8 Å². The number of hydrogen-bond acceptors (Lipinski definition) is 3. The van der Waals surface area contributed by atoms with Gasteiger partial charge in [-0.15, -0.1) is 0 Å². The Balaban J connectivity index is 1.48. The van der Waals surface area contributed by atoms with Crippen LogP contribution in [0.15, 0.2) is 60.7 Å². The molecule has 6 nitrogen and oxygen atoms in total. The number of nitrogens with one attached hydrogen (secondary N) is 1. The zero-order valence-corrected chi connectivity index (χ0v) is 19.2. The van der Waals surface area contributed by atoms with Crippen molar-refractivity contribution >= 4 is 17.5 Å². The number of carbonyl (C=O) groups excluding carboxylic acids is 1. The van der Waals surface area contributed by atoms with Gasteiger partial charge in [0.25, 0.3) is 0 Å². The Kier molecular flexibility index (Phi) is 6.21. The number of nitrogen functional groups attached to an aromatic ring is 1. The predicted molar refractivity (Wildman–Crippen MR) is 131 cm³/mol. The highest BCUT2D eigenvalue weighted by molar-refractivity contribution is 5.97. The zero-order valence-electron chi connectivity index (χ0n) is 19.2. The summed E-state index contributed by atoms with van der Waals surface area (Å²) in [6.45, 7) is 7.64. The molecule has 0 spiro atoms. The Morgan fingerprint density at radius 3 is 2.22 bits per heavy atom. The molecule has 1 saturated heterocycles. The summed E-state index contributed by atoms with van der Waals surface area (Å²) in [6, 6.07) is 20.3. The number of nitrogens with two attached hydrogens (primary N) is 1. The molecule has 2 heterocycles. The van der Waals surface area contributed by atoms with E-state index in [1.807, 2.05) is 62.1 Å². The minimum atomic E-state index is -0.299. The number of urea groups is 1. The molecule has 1 aliphatic rings. The summed E-state index contributed by atoms with van der Waals surface area (Å²) >= 11 is 0. The molecular weight excluding hydrogens is 398 g/mol.